The molecule has 5 nitrogen and oxygen atoms in total. The fourth-order valence-electron chi connectivity index (χ4n) is 9.72. The third kappa shape index (κ3) is 5.78. The number of ether oxygens (including phenoxy) is 1. The van der Waals surface area contributed by atoms with Crippen LogP contribution in [0.2, 0.25) is 39.3 Å². The summed E-state index contributed by atoms with van der Waals surface area (Å²) < 4.78 is 19.3. The summed E-state index contributed by atoms with van der Waals surface area (Å²) in [4.78, 5) is 24.7. The smallest absolute Gasteiger partial charge is 0.305 e. The first kappa shape index (κ1) is 30.5. The molecule has 38 heavy (non-hydrogen) atoms. The van der Waals surface area contributed by atoms with E-state index in [0.29, 0.717) is 47.7 Å². The molecule has 10 unspecified atom stereocenters. The van der Waals surface area contributed by atoms with Crippen molar-refractivity contribution in [3.8, 4) is 0 Å². The Labute approximate surface area is 234 Å². The average molecular weight is 565 g/mol. The molecular formula is C31H56O5Si2. The minimum absolute atomic E-state index is 0.0751. The predicted octanol–water partition coefficient (Wildman–Crippen LogP) is 7.46. The highest BCUT2D eigenvalue weighted by molar-refractivity contribution is 6.70. The van der Waals surface area contributed by atoms with Gasteiger partial charge in [-0.3, -0.25) is 9.59 Å². The van der Waals surface area contributed by atoms with Crippen LogP contribution in [0.15, 0.2) is 0 Å². The van der Waals surface area contributed by atoms with E-state index in [-0.39, 0.29) is 29.0 Å². The van der Waals surface area contributed by atoms with Gasteiger partial charge >= 0.3 is 5.97 Å². The molecule has 0 aromatic carbocycles. The van der Waals surface area contributed by atoms with Crippen LogP contribution >= 0.6 is 0 Å². The molecule has 4 rings (SSSR count). The lowest BCUT2D eigenvalue weighted by molar-refractivity contribution is -0.194. The highest BCUT2D eigenvalue weighted by atomic mass is 28.4. The Hall–Kier alpha value is -0.506. The largest absolute Gasteiger partial charge is 0.469 e. The van der Waals surface area contributed by atoms with Crippen LogP contribution in [0, 0.1) is 46.3 Å². The number of hydrogen-bond donors (Lipinski definition) is 0. The molecule has 0 saturated heterocycles. The molecule has 0 spiro atoms. The Morgan fingerprint density at radius 2 is 1.66 bits per heavy atom. The Balaban J connectivity index is 1.75. The van der Waals surface area contributed by atoms with E-state index in [2.05, 4.69) is 60.1 Å². The summed E-state index contributed by atoms with van der Waals surface area (Å²) in [5.41, 5.74) is 0.264. The molecular weight excluding hydrogens is 509 g/mol. The highest BCUT2D eigenvalue weighted by Gasteiger charge is 2.67. The fraction of sp³-hybridized carbons (Fsp3) is 0.935. The first-order valence-corrected chi connectivity index (χ1v) is 22.3. The van der Waals surface area contributed by atoms with Gasteiger partial charge in [0.25, 0.3) is 0 Å². The monoisotopic (exact) mass is 564 g/mol. The third-order valence-electron chi connectivity index (χ3n) is 11.3. The van der Waals surface area contributed by atoms with Gasteiger partial charge in [-0.25, -0.2) is 0 Å². The fourth-order valence-corrected chi connectivity index (χ4v) is 12.1. The molecule has 0 N–H and O–H groups in total. The number of carbonyl (C=O) groups excluding carboxylic acids is 2. The molecule has 0 aromatic rings. The zero-order valence-corrected chi connectivity index (χ0v) is 28.0. The summed E-state index contributed by atoms with van der Waals surface area (Å²) in [5.74, 6) is 3.39. The molecule has 4 aliphatic carbocycles. The summed E-state index contributed by atoms with van der Waals surface area (Å²) in [6.07, 6.45) is 8.92. The molecule has 4 saturated carbocycles. The van der Waals surface area contributed by atoms with Crippen LogP contribution in [-0.4, -0.2) is 47.7 Å². The first-order chi connectivity index (χ1) is 17.5. The maximum absolute atomic E-state index is 12.7. The number of esters is 1. The normalized spacial score (nSPS) is 42.2. The predicted molar refractivity (Wildman–Crippen MR) is 158 cm³/mol. The zero-order valence-electron chi connectivity index (χ0n) is 26.0. The Morgan fingerprint density at radius 3 is 2.26 bits per heavy atom. The second-order valence-electron chi connectivity index (χ2n) is 15.8. The van der Waals surface area contributed by atoms with Crippen LogP contribution in [0.3, 0.4) is 0 Å². The lowest BCUT2D eigenvalue weighted by atomic mass is 9.43. The van der Waals surface area contributed by atoms with Crippen LogP contribution in [0.4, 0.5) is 0 Å². The topological polar surface area (TPSA) is 61.8 Å². The minimum atomic E-state index is -1.80. The van der Waals surface area contributed by atoms with E-state index < -0.39 is 16.6 Å². The van der Waals surface area contributed by atoms with E-state index in [1.807, 2.05) is 0 Å². The van der Waals surface area contributed by atoms with E-state index in [0.717, 1.165) is 38.5 Å². The van der Waals surface area contributed by atoms with Crippen molar-refractivity contribution < 1.29 is 23.2 Å². The van der Waals surface area contributed by atoms with Gasteiger partial charge in [0.15, 0.2) is 16.6 Å². The number of rotatable bonds is 8. The molecule has 10 atom stereocenters. The van der Waals surface area contributed by atoms with Gasteiger partial charge in [-0.05, 0) is 124 Å². The van der Waals surface area contributed by atoms with Crippen molar-refractivity contribution in [2.75, 3.05) is 7.11 Å². The summed E-state index contributed by atoms with van der Waals surface area (Å²) in [6, 6.07) is 0. The van der Waals surface area contributed by atoms with Crippen LogP contribution in [-0.2, 0) is 23.2 Å². The van der Waals surface area contributed by atoms with Crippen LogP contribution in [0.25, 0.3) is 0 Å². The number of ketones is 1. The van der Waals surface area contributed by atoms with E-state index in [1.165, 1.54) is 20.0 Å². The standard InChI is InChI=1S/C31H56O5Si2/c1-20(11-14-28(33)34-4)23-12-13-24-29-25(19-27(31(23,24)3)36-38(8,9)10)30(2)16-15-22(32)17-21(30)18-26(29)35-37(5,6)7/h20-21,23-27,29H,11-19H2,1-10H3. The molecule has 0 aromatic heterocycles. The number of methoxy groups -OCH3 is 1. The number of fused-ring (bicyclic) bond motifs is 5. The van der Waals surface area contributed by atoms with E-state index in [1.54, 1.807) is 0 Å². The first-order valence-electron chi connectivity index (χ1n) is 15.4. The summed E-state index contributed by atoms with van der Waals surface area (Å²) in [5, 5.41) is 0. The van der Waals surface area contributed by atoms with Crippen molar-refractivity contribution in [1.82, 2.24) is 0 Å². The van der Waals surface area contributed by atoms with Gasteiger partial charge in [-0.1, -0.05) is 20.8 Å². The van der Waals surface area contributed by atoms with Gasteiger partial charge in [0.2, 0.25) is 0 Å². The van der Waals surface area contributed by atoms with Crippen molar-refractivity contribution in [3.05, 3.63) is 0 Å². The molecule has 7 heteroatoms. The molecule has 0 bridgehead atoms. The Kier molecular flexibility index (Phi) is 8.59. The van der Waals surface area contributed by atoms with Gasteiger partial charge in [-0.15, -0.1) is 0 Å². The van der Waals surface area contributed by atoms with Gasteiger partial charge in [-0.2, -0.15) is 0 Å². The van der Waals surface area contributed by atoms with Crippen molar-refractivity contribution >= 4 is 28.4 Å². The number of carbonyl (C=O) groups is 2. The van der Waals surface area contributed by atoms with Crippen molar-refractivity contribution in [2.24, 2.45) is 46.3 Å². The van der Waals surface area contributed by atoms with E-state index >= 15 is 0 Å². The van der Waals surface area contributed by atoms with Crippen LogP contribution in [0.1, 0.15) is 78.6 Å². The van der Waals surface area contributed by atoms with Crippen molar-refractivity contribution in [2.45, 2.75) is 130 Å². The van der Waals surface area contributed by atoms with Gasteiger partial charge in [0.1, 0.15) is 5.78 Å². The molecule has 0 radical (unpaired) electrons. The van der Waals surface area contributed by atoms with Gasteiger partial charge in [0.05, 0.1) is 13.2 Å². The van der Waals surface area contributed by atoms with E-state index in [9.17, 15) is 9.59 Å². The summed E-state index contributed by atoms with van der Waals surface area (Å²) in [6.45, 7) is 21.4. The summed E-state index contributed by atoms with van der Waals surface area (Å²) in [7, 11) is -2.08. The molecule has 0 amide bonds. The molecule has 4 fully saturated rings. The Morgan fingerprint density at radius 1 is 1.00 bits per heavy atom. The molecule has 0 aliphatic heterocycles. The third-order valence-corrected chi connectivity index (χ3v) is 13.3. The maximum Gasteiger partial charge on any atom is 0.305 e. The van der Waals surface area contributed by atoms with Crippen LogP contribution in [0.5, 0.6) is 0 Å². The second kappa shape index (κ2) is 10.7. The quantitative estimate of drug-likeness (QED) is 0.226. The number of Topliss-reactive ketones (excluding diaryl/α,β-unsaturated/α-hetero) is 1. The lowest BCUT2D eigenvalue weighted by Crippen LogP contribution is -2.64. The molecule has 0 heterocycles. The van der Waals surface area contributed by atoms with Gasteiger partial charge in [0, 0.05) is 25.4 Å². The van der Waals surface area contributed by atoms with Crippen LogP contribution < -0.4 is 0 Å². The van der Waals surface area contributed by atoms with Crippen molar-refractivity contribution in [1.29, 1.82) is 0 Å². The SMILES string of the molecule is COC(=O)CCC(C)C1CCC2C3C(O[Si](C)(C)C)CC4CC(=O)CCC4(C)C3CC(O[Si](C)(C)C)C12C. The molecule has 218 valence electrons. The maximum atomic E-state index is 12.7. The number of hydrogen-bond acceptors (Lipinski definition) is 5. The summed E-state index contributed by atoms with van der Waals surface area (Å²) >= 11 is 0. The zero-order chi connectivity index (χ0) is 28.3. The average Bonchev–Trinajstić information content (AvgIpc) is 3.15. The lowest BCUT2D eigenvalue weighted by Gasteiger charge is -2.65. The Bertz CT molecular complexity index is 894. The van der Waals surface area contributed by atoms with Crippen molar-refractivity contribution in [3.63, 3.8) is 0 Å². The molecule has 4 aliphatic rings. The highest BCUT2D eigenvalue weighted by Crippen LogP contribution is 2.69. The minimum Gasteiger partial charge on any atom is -0.469 e. The second-order valence-corrected chi connectivity index (χ2v) is 24.8. The van der Waals surface area contributed by atoms with E-state index in [4.69, 9.17) is 13.6 Å². The van der Waals surface area contributed by atoms with Gasteiger partial charge < -0.3 is 13.6 Å².